The van der Waals surface area contributed by atoms with E-state index in [0.29, 0.717) is 19.0 Å². The van der Waals surface area contributed by atoms with Crippen LogP contribution in [0.3, 0.4) is 0 Å². The summed E-state index contributed by atoms with van der Waals surface area (Å²) < 4.78 is 16.9. The maximum absolute atomic E-state index is 10.7. The van der Waals surface area contributed by atoms with Crippen LogP contribution in [0.1, 0.15) is 44.8 Å². The molecule has 4 heteroatoms. The molecule has 1 atom stereocenters. The summed E-state index contributed by atoms with van der Waals surface area (Å²) in [6.07, 6.45) is 1.68. The number of methoxy groups -OCH3 is 1. The van der Waals surface area contributed by atoms with E-state index in [1.165, 1.54) is 0 Å². The molecule has 1 aliphatic rings. The van der Waals surface area contributed by atoms with Crippen molar-refractivity contribution in [1.29, 1.82) is 0 Å². The van der Waals surface area contributed by atoms with Gasteiger partial charge >= 0.3 is 0 Å². The second-order valence-electron chi connectivity index (χ2n) is 5.14. The molecule has 1 heterocycles. The van der Waals surface area contributed by atoms with Crippen molar-refractivity contribution in [1.82, 2.24) is 0 Å². The van der Waals surface area contributed by atoms with Crippen LogP contribution in [-0.4, -0.2) is 31.0 Å². The number of aliphatic hydroxyl groups excluding tert-OH is 1. The quantitative estimate of drug-likeness (QED) is 0.900. The highest BCUT2D eigenvalue weighted by atomic mass is 16.5. The lowest BCUT2D eigenvalue weighted by atomic mass is 9.86. The first-order valence-electron chi connectivity index (χ1n) is 7.29. The average molecular weight is 280 g/mol. The van der Waals surface area contributed by atoms with Gasteiger partial charge in [0.15, 0.2) is 11.5 Å². The van der Waals surface area contributed by atoms with Crippen LogP contribution in [0.15, 0.2) is 18.2 Å². The fourth-order valence-electron chi connectivity index (χ4n) is 2.69. The van der Waals surface area contributed by atoms with Gasteiger partial charge in [-0.15, -0.1) is 0 Å². The van der Waals surface area contributed by atoms with Gasteiger partial charge in [0.2, 0.25) is 0 Å². The van der Waals surface area contributed by atoms with E-state index in [-0.39, 0.29) is 0 Å². The minimum atomic E-state index is -0.681. The standard InChI is InChI=1S/C16H24O4/c1-4-16(5-2,18-3)15(17)12-7-8-13-14(11-12)20-10-6-9-19-13/h7-8,11,15,17H,4-6,9-10H2,1-3H3. The van der Waals surface area contributed by atoms with Gasteiger partial charge in [-0.05, 0) is 30.5 Å². The summed E-state index contributed by atoms with van der Waals surface area (Å²) in [6, 6.07) is 5.62. The smallest absolute Gasteiger partial charge is 0.161 e. The molecule has 1 aromatic carbocycles. The van der Waals surface area contributed by atoms with Crippen molar-refractivity contribution in [2.45, 2.75) is 44.8 Å². The third-order valence-corrected chi connectivity index (χ3v) is 4.19. The van der Waals surface area contributed by atoms with E-state index in [1.54, 1.807) is 7.11 Å². The molecule has 0 saturated carbocycles. The first-order valence-corrected chi connectivity index (χ1v) is 7.29. The van der Waals surface area contributed by atoms with Gasteiger partial charge in [0.25, 0.3) is 0 Å². The van der Waals surface area contributed by atoms with Gasteiger partial charge in [-0.3, -0.25) is 0 Å². The summed E-state index contributed by atoms with van der Waals surface area (Å²) in [5.74, 6) is 1.45. The van der Waals surface area contributed by atoms with Gasteiger partial charge in [0.1, 0.15) is 6.10 Å². The summed E-state index contributed by atoms with van der Waals surface area (Å²) in [5, 5.41) is 10.7. The summed E-state index contributed by atoms with van der Waals surface area (Å²) in [6.45, 7) is 5.36. The van der Waals surface area contributed by atoms with Crippen molar-refractivity contribution in [3.8, 4) is 11.5 Å². The van der Waals surface area contributed by atoms with E-state index in [1.807, 2.05) is 32.0 Å². The van der Waals surface area contributed by atoms with Crippen molar-refractivity contribution in [3.05, 3.63) is 23.8 Å². The summed E-state index contributed by atoms with van der Waals surface area (Å²) in [7, 11) is 1.65. The van der Waals surface area contributed by atoms with E-state index in [9.17, 15) is 5.11 Å². The van der Waals surface area contributed by atoms with E-state index in [4.69, 9.17) is 14.2 Å². The Morgan fingerprint density at radius 2 is 1.85 bits per heavy atom. The van der Waals surface area contributed by atoms with Crippen molar-refractivity contribution in [3.63, 3.8) is 0 Å². The number of hydrogen-bond acceptors (Lipinski definition) is 4. The lowest BCUT2D eigenvalue weighted by Crippen LogP contribution is -2.37. The molecule has 1 aromatic rings. The molecule has 0 aromatic heterocycles. The average Bonchev–Trinajstić information content (AvgIpc) is 2.73. The van der Waals surface area contributed by atoms with Crippen LogP contribution in [-0.2, 0) is 4.74 Å². The Balaban J connectivity index is 2.30. The Morgan fingerprint density at radius 1 is 1.20 bits per heavy atom. The molecule has 0 spiro atoms. The SMILES string of the molecule is CCC(CC)(OC)C(O)c1ccc2c(c1)OCCCO2. The molecular formula is C16H24O4. The highest BCUT2D eigenvalue weighted by Gasteiger charge is 2.36. The zero-order valence-corrected chi connectivity index (χ0v) is 12.5. The zero-order valence-electron chi connectivity index (χ0n) is 12.5. The number of benzene rings is 1. The van der Waals surface area contributed by atoms with Gasteiger partial charge in [-0.1, -0.05) is 19.9 Å². The predicted molar refractivity (Wildman–Crippen MR) is 77.3 cm³/mol. The Hall–Kier alpha value is -1.26. The van der Waals surface area contributed by atoms with Gasteiger partial charge in [-0.2, -0.15) is 0 Å². The first kappa shape index (κ1) is 15.1. The van der Waals surface area contributed by atoms with Gasteiger partial charge in [0, 0.05) is 13.5 Å². The molecule has 0 radical (unpaired) electrons. The molecule has 4 nitrogen and oxygen atoms in total. The van der Waals surface area contributed by atoms with Crippen molar-refractivity contribution in [2.75, 3.05) is 20.3 Å². The summed E-state index contributed by atoms with van der Waals surface area (Å²) in [5.41, 5.74) is 0.250. The molecule has 0 bridgehead atoms. The largest absolute Gasteiger partial charge is 0.490 e. The van der Waals surface area contributed by atoms with E-state index in [0.717, 1.165) is 30.6 Å². The minimum Gasteiger partial charge on any atom is -0.490 e. The number of rotatable bonds is 5. The summed E-state index contributed by atoms with van der Waals surface area (Å²) in [4.78, 5) is 0. The highest BCUT2D eigenvalue weighted by Crippen LogP contribution is 2.38. The topological polar surface area (TPSA) is 47.9 Å². The Bertz CT molecular complexity index is 432. The van der Waals surface area contributed by atoms with Gasteiger partial charge in [-0.25, -0.2) is 0 Å². The molecule has 0 amide bonds. The van der Waals surface area contributed by atoms with Crippen LogP contribution in [0.4, 0.5) is 0 Å². The normalized spacial score (nSPS) is 16.6. The molecule has 112 valence electrons. The zero-order chi connectivity index (χ0) is 14.6. The van der Waals surface area contributed by atoms with E-state index < -0.39 is 11.7 Å². The van der Waals surface area contributed by atoms with Crippen LogP contribution in [0.25, 0.3) is 0 Å². The van der Waals surface area contributed by atoms with Crippen LogP contribution in [0.2, 0.25) is 0 Å². The number of hydrogen-bond donors (Lipinski definition) is 1. The van der Waals surface area contributed by atoms with Gasteiger partial charge < -0.3 is 19.3 Å². The monoisotopic (exact) mass is 280 g/mol. The third-order valence-electron chi connectivity index (χ3n) is 4.19. The maximum Gasteiger partial charge on any atom is 0.161 e. The van der Waals surface area contributed by atoms with Crippen LogP contribution >= 0.6 is 0 Å². The molecule has 20 heavy (non-hydrogen) atoms. The van der Waals surface area contributed by atoms with Gasteiger partial charge in [0.05, 0.1) is 18.8 Å². The molecule has 0 aliphatic carbocycles. The van der Waals surface area contributed by atoms with Crippen molar-refractivity contribution >= 4 is 0 Å². The Kier molecular flexibility index (Phi) is 4.89. The molecule has 1 unspecified atom stereocenters. The molecule has 0 saturated heterocycles. The second-order valence-corrected chi connectivity index (χ2v) is 5.14. The fraction of sp³-hybridized carbons (Fsp3) is 0.625. The number of fused-ring (bicyclic) bond motifs is 1. The maximum atomic E-state index is 10.7. The van der Waals surface area contributed by atoms with Crippen LogP contribution in [0.5, 0.6) is 11.5 Å². The molecule has 1 aliphatic heterocycles. The minimum absolute atomic E-state index is 0.556. The third kappa shape index (κ3) is 2.76. The van der Waals surface area contributed by atoms with Crippen molar-refractivity contribution in [2.24, 2.45) is 0 Å². The Morgan fingerprint density at radius 3 is 2.45 bits per heavy atom. The number of aliphatic hydroxyl groups is 1. The molecule has 1 N–H and O–H groups in total. The van der Waals surface area contributed by atoms with E-state index >= 15 is 0 Å². The highest BCUT2D eigenvalue weighted by molar-refractivity contribution is 5.44. The summed E-state index contributed by atoms with van der Waals surface area (Å²) >= 11 is 0. The number of ether oxygens (including phenoxy) is 3. The van der Waals surface area contributed by atoms with Crippen molar-refractivity contribution < 1.29 is 19.3 Å². The first-order chi connectivity index (χ1) is 9.66. The molecule has 0 fully saturated rings. The van der Waals surface area contributed by atoms with Crippen LogP contribution in [0, 0.1) is 0 Å². The molecule has 2 rings (SSSR count). The fourth-order valence-corrected chi connectivity index (χ4v) is 2.69. The lowest BCUT2D eigenvalue weighted by Gasteiger charge is -2.35. The predicted octanol–water partition coefficient (Wildman–Crippen LogP) is 3.09. The second kappa shape index (κ2) is 6.46. The molecular weight excluding hydrogens is 256 g/mol. The lowest BCUT2D eigenvalue weighted by molar-refractivity contribution is -0.109. The van der Waals surface area contributed by atoms with E-state index in [2.05, 4.69) is 0 Å². The van der Waals surface area contributed by atoms with Crippen LogP contribution < -0.4 is 9.47 Å². The Labute approximate surface area is 120 Å².